The number of carbonyl (C=O) groups excluding carboxylic acids is 1. The van der Waals surface area contributed by atoms with Crippen molar-refractivity contribution in [1.29, 1.82) is 0 Å². The molecule has 0 spiro atoms. The van der Waals surface area contributed by atoms with E-state index in [2.05, 4.69) is 15.0 Å². The van der Waals surface area contributed by atoms with Crippen LogP contribution in [-0.4, -0.2) is 35.0 Å². The summed E-state index contributed by atoms with van der Waals surface area (Å²) >= 11 is 35.3. The van der Waals surface area contributed by atoms with Gasteiger partial charge in [0.25, 0.3) is 0 Å². The Bertz CT molecular complexity index is 1090. The Hall–Kier alpha value is -1.28. The third-order valence-corrected chi connectivity index (χ3v) is 5.01. The number of fused-ring (bicyclic) bond motifs is 1. The second kappa shape index (κ2) is 8.69. The van der Waals surface area contributed by atoms with Crippen molar-refractivity contribution in [1.82, 2.24) is 15.0 Å². The minimum absolute atomic E-state index is 0.237. The topological polar surface area (TPSA) is 74.2 Å². The van der Waals surface area contributed by atoms with Crippen molar-refractivity contribution >= 4 is 86.2 Å². The smallest absolute Gasteiger partial charge is 0.250 e. The Morgan fingerprint density at radius 2 is 1.33 bits per heavy atom. The van der Waals surface area contributed by atoms with E-state index < -0.39 is 13.4 Å². The molecule has 12 heteroatoms. The highest BCUT2D eigenvalue weighted by atomic mass is 35.6. The first-order chi connectivity index (χ1) is 14.0. The molecular formula is C18H11Cl6N3O3. The molecule has 3 rings (SSSR count). The molecule has 2 aromatic carbocycles. The maximum atomic E-state index is 13.3. The number of aromatic nitrogens is 3. The number of hydrogen-bond acceptors (Lipinski definition) is 6. The van der Waals surface area contributed by atoms with Crippen LogP contribution in [0, 0.1) is 0 Å². The zero-order chi connectivity index (χ0) is 22.3. The maximum absolute atomic E-state index is 13.3. The maximum Gasteiger partial charge on any atom is 0.250 e. The summed E-state index contributed by atoms with van der Waals surface area (Å²) < 4.78 is 6.65. The first-order valence-corrected chi connectivity index (χ1v) is 10.3. The van der Waals surface area contributed by atoms with Crippen molar-refractivity contribution < 1.29 is 14.3 Å². The van der Waals surface area contributed by atoms with E-state index in [0.717, 1.165) is 0 Å². The molecule has 0 aliphatic carbocycles. The van der Waals surface area contributed by atoms with Gasteiger partial charge in [0.1, 0.15) is 11.5 Å². The Morgan fingerprint density at radius 3 is 1.83 bits per heavy atom. The van der Waals surface area contributed by atoms with Gasteiger partial charge in [-0.1, -0.05) is 81.7 Å². The van der Waals surface area contributed by atoms with Crippen LogP contribution in [0.2, 0.25) is 0 Å². The SMILES string of the molecule is COc1cccc2c(C(=O)c3nc(C(Cl)(Cl)Cl)nc(C(Cl)(Cl)Cl)n3)ccc(OC)c12. The molecular weight excluding hydrogens is 519 g/mol. The van der Waals surface area contributed by atoms with Crippen molar-refractivity contribution in [3.63, 3.8) is 0 Å². The summed E-state index contributed by atoms with van der Waals surface area (Å²) in [5, 5.41) is 1.12. The van der Waals surface area contributed by atoms with Crippen LogP contribution >= 0.6 is 69.6 Å². The first kappa shape index (κ1) is 23.4. The van der Waals surface area contributed by atoms with Crippen LogP contribution in [0.1, 0.15) is 27.8 Å². The van der Waals surface area contributed by atoms with E-state index in [1.54, 1.807) is 30.3 Å². The number of carbonyl (C=O) groups is 1. The summed E-state index contributed by atoms with van der Waals surface area (Å²) in [6.45, 7) is 0. The quantitative estimate of drug-likeness (QED) is 0.308. The number of methoxy groups -OCH3 is 2. The van der Waals surface area contributed by atoms with E-state index in [4.69, 9.17) is 79.1 Å². The molecule has 0 atom stereocenters. The van der Waals surface area contributed by atoms with E-state index in [1.165, 1.54) is 14.2 Å². The van der Waals surface area contributed by atoms with Gasteiger partial charge in [-0.05, 0) is 18.2 Å². The highest BCUT2D eigenvalue weighted by molar-refractivity contribution is 6.67. The average Bonchev–Trinajstić information content (AvgIpc) is 2.70. The fourth-order valence-electron chi connectivity index (χ4n) is 2.73. The number of halogens is 6. The summed E-state index contributed by atoms with van der Waals surface area (Å²) in [7, 11) is 3.02. The van der Waals surface area contributed by atoms with E-state index in [1.807, 2.05) is 0 Å². The third-order valence-electron chi connectivity index (χ3n) is 3.99. The van der Waals surface area contributed by atoms with Gasteiger partial charge in [0.05, 0.1) is 19.6 Å². The van der Waals surface area contributed by atoms with Gasteiger partial charge >= 0.3 is 0 Å². The Kier molecular flexibility index (Phi) is 6.77. The number of benzene rings is 2. The zero-order valence-electron chi connectivity index (χ0n) is 15.2. The molecule has 0 saturated carbocycles. The van der Waals surface area contributed by atoms with Gasteiger partial charge in [-0.3, -0.25) is 4.79 Å². The van der Waals surface area contributed by atoms with Crippen LogP contribution < -0.4 is 9.47 Å². The van der Waals surface area contributed by atoms with Gasteiger partial charge in [-0.2, -0.15) is 0 Å². The molecule has 3 aromatic rings. The normalized spacial score (nSPS) is 12.1. The average molecular weight is 530 g/mol. The number of nitrogens with zero attached hydrogens (tertiary/aromatic N) is 3. The van der Waals surface area contributed by atoms with E-state index in [9.17, 15) is 4.79 Å². The molecule has 158 valence electrons. The van der Waals surface area contributed by atoms with Crippen LogP contribution in [0.25, 0.3) is 10.8 Å². The lowest BCUT2D eigenvalue weighted by molar-refractivity contribution is 0.103. The van der Waals surface area contributed by atoms with Crippen molar-refractivity contribution in [2.45, 2.75) is 7.59 Å². The molecule has 1 aromatic heterocycles. The lowest BCUT2D eigenvalue weighted by atomic mass is 9.99. The summed E-state index contributed by atoms with van der Waals surface area (Å²) in [6, 6.07) is 8.36. The number of ketones is 1. The van der Waals surface area contributed by atoms with Gasteiger partial charge in [-0.15, -0.1) is 0 Å². The van der Waals surface area contributed by atoms with Crippen molar-refractivity contribution in [2.75, 3.05) is 14.2 Å². The summed E-state index contributed by atoms with van der Waals surface area (Å²) in [4.78, 5) is 25.1. The van der Waals surface area contributed by atoms with Crippen molar-refractivity contribution in [3.8, 4) is 11.5 Å². The van der Waals surface area contributed by atoms with Gasteiger partial charge in [0.2, 0.25) is 19.2 Å². The van der Waals surface area contributed by atoms with Crippen LogP contribution in [0.15, 0.2) is 30.3 Å². The largest absolute Gasteiger partial charge is 0.496 e. The zero-order valence-corrected chi connectivity index (χ0v) is 19.8. The molecule has 0 aliphatic rings. The molecule has 0 amide bonds. The molecule has 0 fully saturated rings. The predicted octanol–water partition coefficient (Wildman–Crippen LogP) is 5.93. The van der Waals surface area contributed by atoms with Crippen LogP contribution in [-0.2, 0) is 7.59 Å². The Morgan fingerprint density at radius 1 is 0.800 bits per heavy atom. The molecule has 0 unspecified atom stereocenters. The summed E-state index contributed by atoms with van der Waals surface area (Å²) in [6.07, 6.45) is 0. The Balaban J connectivity index is 2.26. The second-order valence-electron chi connectivity index (χ2n) is 5.83. The summed E-state index contributed by atoms with van der Waals surface area (Å²) in [5.74, 6) is -0.659. The van der Waals surface area contributed by atoms with Gasteiger partial charge < -0.3 is 9.47 Å². The van der Waals surface area contributed by atoms with E-state index >= 15 is 0 Å². The molecule has 30 heavy (non-hydrogen) atoms. The molecule has 6 nitrogen and oxygen atoms in total. The lowest BCUT2D eigenvalue weighted by Gasteiger charge is -2.16. The van der Waals surface area contributed by atoms with Crippen LogP contribution in [0.3, 0.4) is 0 Å². The second-order valence-corrected chi connectivity index (χ2v) is 10.4. The monoisotopic (exact) mass is 527 g/mol. The number of ether oxygens (including phenoxy) is 2. The highest BCUT2D eigenvalue weighted by Crippen LogP contribution is 2.41. The van der Waals surface area contributed by atoms with Gasteiger partial charge in [-0.25, -0.2) is 15.0 Å². The number of rotatable bonds is 4. The molecule has 1 heterocycles. The Labute approximate surface area is 201 Å². The fraction of sp³-hybridized carbons (Fsp3) is 0.222. The van der Waals surface area contributed by atoms with Crippen LogP contribution in [0.5, 0.6) is 11.5 Å². The number of hydrogen-bond donors (Lipinski definition) is 0. The predicted molar refractivity (Wildman–Crippen MR) is 119 cm³/mol. The van der Waals surface area contributed by atoms with Crippen molar-refractivity contribution in [2.24, 2.45) is 0 Å². The highest BCUT2D eigenvalue weighted by Gasteiger charge is 2.35. The van der Waals surface area contributed by atoms with Crippen molar-refractivity contribution in [3.05, 3.63) is 53.4 Å². The molecule has 0 N–H and O–H groups in total. The van der Waals surface area contributed by atoms with E-state index in [0.29, 0.717) is 22.3 Å². The van der Waals surface area contributed by atoms with Crippen LogP contribution in [0.4, 0.5) is 0 Å². The van der Waals surface area contributed by atoms with E-state index in [-0.39, 0.29) is 23.0 Å². The minimum atomic E-state index is -2.08. The first-order valence-electron chi connectivity index (χ1n) is 8.06. The molecule has 0 radical (unpaired) electrons. The fourth-order valence-corrected chi connectivity index (χ4v) is 3.24. The summed E-state index contributed by atoms with van der Waals surface area (Å²) in [5.41, 5.74) is 0.237. The minimum Gasteiger partial charge on any atom is -0.496 e. The molecule has 0 bridgehead atoms. The third kappa shape index (κ3) is 4.64. The molecule has 0 saturated heterocycles. The van der Waals surface area contributed by atoms with Gasteiger partial charge in [0, 0.05) is 10.9 Å². The standard InChI is InChI=1S/C18H11Cl6N3O3/c1-29-10-5-3-4-8-9(6-7-11(30-2)12(8)10)13(28)14-25-15(17(19,20)21)27-16(26-14)18(22,23)24/h3-7H,1-2H3. The van der Waals surface area contributed by atoms with Gasteiger partial charge in [0.15, 0.2) is 11.6 Å². The molecule has 0 aliphatic heterocycles. The number of alkyl halides is 6. The lowest BCUT2D eigenvalue weighted by Crippen LogP contribution is -2.21.